The standard InChI is InChI=1S/C18H19ClO5/c1-3-22-17-11-13(12-20)10-14(19)18(17)24-9-8-23-16-7-5-4-6-15(16)21-2/h4-7,10-12H,3,8-9H2,1-2H3. The third kappa shape index (κ3) is 4.55. The summed E-state index contributed by atoms with van der Waals surface area (Å²) in [6, 6.07) is 10.5. The van der Waals surface area contributed by atoms with Crippen molar-refractivity contribution in [3.8, 4) is 23.0 Å². The van der Waals surface area contributed by atoms with Crippen molar-refractivity contribution in [1.82, 2.24) is 0 Å². The molecule has 0 aliphatic carbocycles. The first-order valence-corrected chi connectivity index (χ1v) is 7.87. The van der Waals surface area contributed by atoms with E-state index in [-0.39, 0.29) is 6.61 Å². The summed E-state index contributed by atoms with van der Waals surface area (Å²) in [4.78, 5) is 10.9. The Labute approximate surface area is 146 Å². The fraction of sp³-hybridized carbons (Fsp3) is 0.278. The third-order valence-electron chi connectivity index (χ3n) is 3.12. The Morgan fingerprint density at radius 1 is 1.00 bits per heavy atom. The monoisotopic (exact) mass is 350 g/mol. The van der Waals surface area contributed by atoms with E-state index in [1.54, 1.807) is 13.2 Å². The average Bonchev–Trinajstić information content (AvgIpc) is 2.60. The zero-order valence-electron chi connectivity index (χ0n) is 13.6. The minimum absolute atomic E-state index is 0.262. The molecule has 0 radical (unpaired) electrons. The minimum atomic E-state index is 0.262. The molecule has 0 fully saturated rings. The van der Waals surface area contributed by atoms with Crippen LogP contribution in [0.15, 0.2) is 36.4 Å². The summed E-state index contributed by atoms with van der Waals surface area (Å²) in [5.74, 6) is 2.12. The lowest BCUT2D eigenvalue weighted by Crippen LogP contribution is -2.11. The van der Waals surface area contributed by atoms with Crippen LogP contribution in [0.1, 0.15) is 17.3 Å². The first-order valence-electron chi connectivity index (χ1n) is 7.49. The Balaban J connectivity index is 2.00. The number of methoxy groups -OCH3 is 1. The molecule has 0 aliphatic heterocycles. The molecule has 5 nitrogen and oxygen atoms in total. The normalized spacial score (nSPS) is 10.1. The van der Waals surface area contributed by atoms with Crippen molar-refractivity contribution >= 4 is 17.9 Å². The van der Waals surface area contributed by atoms with Gasteiger partial charge in [0.15, 0.2) is 23.0 Å². The van der Waals surface area contributed by atoms with E-state index in [2.05, 4.69) is 0 Å². The molecule has 6 heteroatoms. The highest BCUT2D eigenvalue weighted by Gasteiger charge is 2.13. The van der Waals surface area contributed by atoms with Crippen molar-refractivity contribution in [3.05, 3.63) is 47.0 Å². The van der Waals surface area contributed by atoms with Gasteiger partial charge >= 0.3 is 0 Å². The smallest absolute Gasteiger partial charge is 0.179 e. The van der Waals surface area contributed by atoms with Gasteiger partial charge < -0.3 is 18.9 Å². The average molecular weight is 351 g/mol. The number of carbonyl (C=O) groups excluding carboxylic acids is 1. The van der Waals surface area contributed by atoms with E-state index in [0.29, 0.717) is 53.1 Å². The van der Waals surface area contributed by atoms with E-state index in [4.69, 9.17) is 30.5 Å². The van der Waals surface area contributed by atoms with Crippen molar-refractivity contribution in [2.24, 2.45) is 0 Å². The van der Waals surface area contributed by atoms with E-state index in [9.17, 15) is 4.79 Å². The maximum atomic E-state index is 10.9. The number of hydrogen-bond acceptors (Lipinski definition) is 5. The van der Waals surface area contributed by atoms with Crippen LogP contribution in [-0.4, -0.2) is 33.2 Å². The molecular weight excluding hydrogens is 332 g/mol. The molecule has 0 aromatic heterocycles. The number of aldehydes is 1. The number of halogens is 1. The Morgan fingerprint density at radius 2 is 1.71 bits per heavy atom. The molecule has 0 unspecified atom stereocenters. The zero-order chi connectivity index (χ0) is 17.4. The van der Waals surface area contributed by atoms with Gasteiger partial charge in [-0.25, -0.2) is 0 Å². The second kappa shape index (κ2) is 9.03. The largest absolute Gasteiger partial charge is 0.493 e. The van der Waals surface area contributed by atoms with E-state index in [0.717, 1.165) is 0 Å². The van der Waals surface area contributed by atoms with Crippen molar-refractivity contribution in [3.63, 3.8) is 0 Å². The second-order valence-corrected chi connectivity index (χ2v) is 5.14. The topological polar surface area (TPSA) is 54.0 Å². The SMILES string of the molecule is CCOc1cc(C=O)cc(Cl)c1OCCOc1ccccc1OC. The summed E-state index contributed by atoms with van der Waals surface area (Å²) >= 11 is 6.17. The van der Waals surface area contributed by atoms with Gasteiger partial charge in [0, 0.05) is 5.56 Å². The third-order valence-corrected chi connectivity index (χ3v) is 3.40. The first kappa shape index (κ1) is 17.9. The van der Waals surface area contributed by atoms with Gasteiger partial charge in [0.05, 0.1) is 18.7 Å². The van der Waals surface area contributed by atoms with Gasteiger partial charge in [-0.15, -0.1) is 0 Å². The summed E-state index contributed by atoms with van der Waals surface area (Å²) in [7, 11) is 1.58. The maximum absolute atomic E-state index is 10.9. The van der Waals surface area contributed by atoms with Crippen LogP contribution < -0.4 is 18.9 Å². The number of ether oxygens (including phenoxy) is 4. The van der Waals surface area contributed by atoms with Crippen LogP contribution in [0.2, 0.25) is 5.02 Å². The fourth-order valence-corrected chi connectivity index (χ4v) is 2.37. The highest BCUT2D eigenvalue weighted by Crippen LogP contribution is 2.36. The van der Waals surface area contributed by atoms with E-state index >= 15 is 0 Å². The van der Waals surface area contributed by atoms with Gasteiger partial charge in [-0.2, -0.15) is 0 Å². The number of para-hydroxylation sites is 2. The number of benzene rings is 2. The van der Waals surface area contributed by atoms with Crippen LogP contribution in [0, 0.1) is 0 Å². The molecule has 0 N–H and O–H groups in total. The zero-order valence-corrected chi connectivity index (χ0v) is 14.3. The van der Waals surface area contributed by atoms with Crippen LogP contribution in [0.4, 0.5) is 0 Å². The predicted molar refractivity (Wildman–Crippen MR) is 92.0 cm³/mol. The van der Waals surface area contributed by atoms with E-state index < -0.39 is 0 Å². The van der Waals surface area contributed by atoms with Gasteiger partial charge in [-0.05, 0) is 31.2 Å². The lowest BCUT2D eigenvalue weighted by Gasteiger charge is -2.15. The summed E-state index contributed by atoms with van der Waals surface area (Å²) in [5, 5.41) is 0.320. The summed E-state index contributed by atoms with van der Waals surface area (Å²) in [5.41, 5.74) is 0.432. The minimum Gasteiger partial charge on any atom is -0.493 e. The second-order valence-electron chi connectivity index (χ2n) is 4.73. The van der Waals surface area contributed by atoms with Crippen LogP contribution >= 0.6 is 11.6 Å². The molecule has 2 aromatic rings. The highest BCUT2D eigenvalue weighted by molar-refractivity contribution is 6.32. The Kier molecular flexibility index (Phi) is 6.75. The molecule has 2 aromatic carbocycles. The molecule has 2 rings (SSSR count). The summed E-state index contributed by atoms with van der Waals surface area (Å²) in [6.07, 6.45) is 0.711. The van der Waals surface area contributed by atoms with Gasteiger partial charge in [-0.1, -0.05) is 23.7 Å². The van der Waals surface area contributed by atoms with Gasteiger partial charge in [0.2, 0.25) is 0 Å². The number of hydrogen-bond donors (Lipinski definition) is 0. The molecule has 0 heterocycles. The summed E-state index contributed by atoms with van der Waals surface area (Å²) < 4.78 is 22.0. The Hall–Kier alpha value is -2.40. The molecule has 0 amide bonds. The van der Waals surface area contributed by atoms with Crippen LogP contribution in [0.25, 0.3) is 0 Å². The lowest BCUT2D eigenvalue weighted by molar-refractivity contribution is 0.112. The van der Waals surface area contributed by atoms with Gasteiger partial charge in [-0.3, -0.25) is 4.79 Å². The van der Waals surface area contributed by atoms with Crippen LogP contribution in [0.5, 0.6) is 23.0 Å². The van der Waals surface area contributed by atoms with Crippen molar-refractivity contribution in [2.75, 3.05) is 26.9 Å². The van der Waals surface area contributed by atoms with Gasteiger partial charge in [0.1, 0.15) is 19.5 Å². The highest BCUT2D eigenvalue weighted by atomic mass is 35.5. The Bertz CT molecular complexity index is 687. The number of carbonyl (C=O) groups is 1. The first-order chi connectivity index (χ1) is 11.7. The van der Waals surface area contributed by atoms with Crippen molar-refractivity contribution in [1.29, 1.82) is 0 Å². The molecule has 0 aliphatic rings. The molecule has 0 bridgehead atoms. The Morgan fingerprint density at radius 3 is 2.38 bits per heavy atom. The van der Waals surface area contributed by atoms with Crippen molar-refractivity contribution in [2.45, 2.75) is 6.92 Å². The van der Waals surface area contributed by atoms with E-state index in [1.165, 1.54) is 6.07 Å². The van der Waals surface area contributed by atoms with Gasteiger partial charge in [0.25, 0.3) is 0 Å². The molecular formula is C18H19ClO5. The lowest BCUT2D eigenvalue weighted by atomic mass is 10.2. The molecule has 0 spiro atoms. The van der Waals surface area contributed by atoms with Crippen molar-refractivity contribution < 1.29 is 23.7 Å². The summed E-state index contributed by atoms with van der Waals surface area (Å²) in [6.45, 7) is 2.85. The molecule has 0 atom stereocenters. The maximum Gasteiger partial charge on any atom is 0.179 e. The fourth-order valence-electron chi connectivity index (χ4n) is 2.09. The van der Waals surface area contributed by atoms with Crippen LogP contribution in [-0.2, 0) is 0 Å². The predicted octanol–water partition coefficient (Wildman–Crippen LogP) is 4.02. The quantitative estimate of drug-likeness (QED) is 0.505. The molecule has 0 saturated carbocycles. The molecule has 24 heavy (non-hydrogen) atoms. The molecule has 0 saturated heterocycles. The number of rotatable bonds is 9. The van der Waals surface area contributed by atoms with E-state index in [1.807, 2.05) is 31.2 Å². The molecule has 128 valence electrons. The van der Waals surface area contributed by atoms with Crippen LogP contribution in [0.3, 0.4) is 0 Å².